The number of amides is 1. The summed E-state index contributed by atoms with van der Waals surface area (Å²) in [5.41, 5.74) is 3.64. The quantitative estimate of drug-likeness (QED) is 0.168. The molecule has 44 heavy (non-hydrogen) atoms. The van der Waals surface area contributed by atoms with E-state index in [0.717, 1.165) is 33.3 Å². The lowest BCUT2D eigenvalue weighted by Crippen LogP contribution is -2.44. The number of pyridine rings is 1. The number of nitrogens with one attached hydrogen (secondary N) is 1. The SMILES string of the molecule is CCOC(COc1ccc(CC(NC(=O)OC(C)(C)C)C(=O)O)cc1)c1cccc(/C=C/c2ccc3ccc(Cl)cc3n2)c1. The smallest absolute Gasteiger partial charge is 0.408 e. The number of hydrogen-bond acceptors (Lipinski definition) is 6. The predicted octanol–water partition coefficient (Wildman–Crippen LogP) is 7.74. The van der Waals surface area contributed by atoms with E-state index in [2.05, 4.69) is 16.4 Å². The van der Waals surface area contributed by atoms with E-state index in [1.54, 1.807) is 45.0 Å². The lowest BCUT2D eigenvalue weighted by molar-refractivity contribution is -0.139. The standard InChI is InChI=1S/C35H37ClN2O6/c1-5-42-32(22-43-29-17-10-24(11-18-29)20-31(33(39)40)38-34(41)44-35(2,3)4)26-8-6-7-23(19-26)9-15-28-16-13-25-12-14-27(36)21-30(25)37-28/h6-19,21,31-32H,5,20,22H2,1-4H3,(H,38,41)(H,39,40)/b15-9+. The third-order valence-electron chi connectivity index (χ3n) is 6.53. The molecule has 0 aliphatic heterocycles. The largest absolute Gasteiger partial charge is 0.491 e. The molecule has 4 rings (SSSR count). The third kappa shape index (κ3) is 9.82. The van der Waals surface area contributed by atoms with Gasteiger partial charge in [-0.25, -0.2) is 14.6 Å². The van der Waals surface area contributed by atoms with Gasteiger partial charge in [-0.3, -0.25) is 0 Å². The van der Waals surface area contributed by atoms with E-state index >= 15 is 0 Å². The van der Waals surface area contributed by atoms with E-state index in [9.17, 15) is 14.7 Å². The van der Waals surface area contributed by atoms with E-state index in [4.69, 9.17) is 25.8 Å². The summed E-state index contributed by atoms with van der Waals surface area (Å²) in [6.07, 6.45) is 2.99. The number of carboxylic acids is 1. The van der Waals surface area contributed by atoms with Gasteiger partial charge in [-0.2, -0.15) is 0 Å². The summed E-state index contributed by atoms with van der Waals surface area (Å²) in [6.45, 7) is 7.88. The number of halogens is 1. The Bertz CT molecular complexity index is 1610. The van der Waals surface area contributed by atoms with Crippen molar-refractivity contribution in [2.75, 3.05) is 13.2 Å². The zero-order valence-electron chi connectivity index (χ0n) is 25.2. The van der Waals surface area contributed by atoms with Crippen LogP contribution in [0.2, 0.25) is 5.02 Å². The van der Waals surface area contributed by atoms with Crippen LogP contribution in [-0.2, 0) is 20.7 Å². The number of fused-ring (bicyclic) bond motifs is 1. The summed E-state index contributed by atoms with van der Waals surface area (Å²) in [7, 11) is 0. The first kappa shape index (κ1) is 32.5. The molecular weight excluding hydrogens is 580 g/mol. The number of hydrogen-bond donors (Lipinski definition) is 2. The first-order valence-corrected chi connectivity index (χ1v) is 14.8. The minimum Gasteiger partial charge on any atom is -0.491 e. The molecule has 9 heteroatoms. The normalized spacial score (nSPS) is 13.0. The van der Waals surface area contributed by atoms with Crippen LogP contribution in [0.3, 0.4) is 0 Å². The van der Waals surface area contributed by atoms with Gasteiger partial charge in [-0.15, -0.1) is 0 Å². The Hall–Kier alpha value is -4.40. The van der Waals surface area contributed by atoms with Crippen LogP contribution < -0.4 is 10.1 Å². The minimum absolute atomic E-state index is 0.0964. The Labute approximate surface area is 262 Å². The van der Waals surface area contributed by atoms with Crippen molar-refractivity contribution < 1.29 is 28.9 Å². The van der Waals surface area contributed by atoms with Gasteiger partial charge >= 0.3 is 12.1 Å². The molecule has 0 bridgehead atoms. The number of rotatable bonds is 12. The van der Waals surface area contributed by atoms with Crippen molar-refractivity contribution in [1.29, 1.82) is 0 Å². The molecule has 8 nitrogen and oxygen atoms in total. The van der Waals surface area contributed by atoms with Gasteiger partial charge in [0.2, 0.25) is 0 Å². The highest BCUT2D eigenvalue weighted by atomic mass is 35.5. The molecule has 0 radical (unpaired) electrons. The highest BCUT2D eigenvalue weighted by Gasteiger charge is 2.24. The second kappa shape index (κ2) is 14.9. The third-order valence-corrected chi connectivity index (χ3v) is 6.76. The second-order valence-electron chi connectivity index (χ2n) is 11.2. The Balaban J connectivity index is 1.38. The lowest BCUT2D eigenvalue weighted by Gasteiger charge is -2.22. The van der Waals surface area contributed by atoms with Crippen molar-refractivity contribution >= 4 is 46.7 Å². The molecule has 1 aromatic heterocycles. The molecule has 1 heterocycles. The van der Waals surface area contributed by atoms with Gasteiger partial charge in [-0.1, -0.05) is 60.1 Å². The summed E-state index contributed by atoms with van der Waals surface area (Å²) in [5, 5.41) is 13.7. The van der Waals surface area contributed by atoms with Gasteiger partial charge in [-0.05, 0) is 86.9 Å². The van der Waals surface area contributed by atoms with Crippen LogP contribution in [0.1, 0.15) is 56.2 Å². The van der Waals surface area contributed by atoms with E-state index in [-0.39, 0.29) is 19.1 Å². The van der Waals surface area contributed by atoms with Crippen LogP contribution in [-0.4, -0.2) is 47.0 Å². The molecule has 3 aromatic carbocycles. The molecule has 0 saturated heterocycles. The summed E-state index contributed by atoms with van der Waals surface area (Å²) in [5.74, 6) is -0.532. The number of aromatic nitrogens is 1. The maximum Gasteiger partial charge on any atom is 0.408 e. The van der Waals surface area contributed by atoms with E-state index in [1.165, 1.54) is 0 Å². The van der Waals surface area contributed by atoms with Crippen LogP contribution in [0.5, 0.6) is 5.75 Å². The number of carboxylic acid groups (broad SMARTS) is 1. The van der Waals surface area contributed by atoms with E-state index in [0.29, 0.717) is 17.4 Å². The van der Waals surface area contributed by atoms with Gasteiger partial charge in [0.05, 0.1) is 11.2 Å². The highest BCUT2D eigenvalue weighted by Crippen LogP contribution is 2.23. The average molecular weight is 617 g/mol. The van der Waals surface area contributed by atoms with Crippen LogP contribution in [0, 0.1) is 0 Å². The zero-order chi connectivity index (χ0) is 31.7. The topological polar surface area (TPSA) is 107 Å². The molecule has 0 aliphatic carbocycles. The Morgan fingerprint density at radius 1 is 1.00 bits per heavy atom. The van der Waals surface area contributed by atoms with Crippen molar-refractivity contribution in [1.82, 2.24) is 10.3 Å². The van der Waals surface area contributed by atoms with Gasteiger partial charge in [0.25, 0.3) is 0 Å². The zero-order valence-corrected chi connectivity index (χ0v) is 26.0. The average Bonchev–Trinajstić information content (AvgIpc) is 2.97. The van der Waals surface area contributed by atoms with Crippen molar-refractivity contribution in [3.8, 4) is 5.75 Å². The fourth-order valence-corrected chi connectivity index (χ4v) is 4.63. The van der Waals surface area contributed by atoms with E-state index in [1.807, 2.05) is 67.6 Å². The molecule has 2 atom stereocenters. The number of carbonyl (C=O) groups excluding carboxylic acids is 1. The lowest BCUT2D eigenvalue weighted by atomic mass is 10.1. The molecule has 0 saturated carbocycles. The maximum atomic E-state index is 12.1. The minimum atomic E-state index is -1.15. The Morgan fingerprint density at radius 2 is 1.75 bits per heavy atom. The van der Waals surface area contributed by atoms with Gasteiger partial charge in [0.1, 0.15) is 30.1 Å². The first-order valence-electron chi connectivity index (χ1n) is 14.4. The molecule has 2 N–H and O–H groups in total. The van der Waals surface area contributed by atoms with Crippen LogP contribution in [0.15, 0.2) is 78.9 Å². The molecule has 0 fully saturated rings. The van der Waals surface area contributed by atoms with Crippen LogP contribution in [0.4, 0.5) is 4.79 Å². The van der Waals surface area contributed by atoms with Crippen molar-refractivity contribution in [2.45, 2.75) is 51.9 Å². The number of alkyl carbamates (subject to hydrolysis) is 1. The first-order chi connectivity index (χ1) is 21.0. The molecular formula is C35H37ClN2O6. The molecule has 0 spiro atoms. The molecule has 230 valence electrons. The van der Waals surface area contributed by atoms with Gasteiger partial charge in [0, 0.05) is 23.4 Å². The number of carbonyl (C=O) groups is 2. The maximum absolute atomic E-state index is 12.1. The van der Waals surface area contributed by atoms with Crippen molar-refractivity contribution in [3.05, 3.63) is 106 Å². The van der Waals surface area contributed by atoms with E-state index < -0.39 is 23.7 Å². The van der Waals surface area contributed by atoms with Crippen LogP contribution in [0.25, 0.3) is 23.1 Å². The Morgan fingerprint density at radius 3 is 2.45 bits per heavy atom. The number of aliphatic carboxylic acids is 1. The summed E-state index contributed by atoms with van der Waals surface area (Å²) < 4.78 is 17.3. The summed E-state index contributed by atoms with van der Waals surface area (Å²) in [6, 6.07) is 23.7. The number of ether oxygens (including phenoxy) is 3. The number of nitrogens with zero attached hydrogens (tertiary/aromatic N) is 1. The Kier molecular flexibility index (Phi) is 11.0. The van der Waals surface area contributed by atoms with Gasteiger partial charge in [0.15, 0.2) is 0 Å². The summed E-state index contributed by atoms with van der Waals surface area (Å²) in [4.78, 5) is 28.5. The monoisotopic (exact) mass is 616 g/mol. The molecule has 0 aliphatic rings. The van der Waals surface area contributed by atoms with Gasteiger partial charge < -0.3 is 24.6 Å². The molecule has 4 aromatic rings. The molecule has 1 amide bonds. The van der Waals surface area contributed by atoms with Crippen molar-refractivity contribution in [2.24, 2.45) is 0 Å². The summed E-state index contributed by atoms with van der Waals surface area (Å²) >= 11 is 6.13. The fraction of sp³-hybridized carbons (Fsp3) is 0.286. The second-order valence-corrected chi connectivity index (χ2v) is 11.7. The van der Waals surface area contributed by atoms with Crippen LogP contribution >= 0.6 is 11.6 Å². The predicted molar refractivity (Wildman–Crippen MR) is 173 cm³/mol. The number of benzene rings is 3. The highest BCUT2D eigenvalue weighted by molar-refractivity contribution is 6.31. The molecule has 2 unspecified atom stereocenters. The fourth-order valence-electron chi connectivity index (χ4n) is 4.46. The van der Waals surface area contributed by atoms with Crippen molar-refractivity contribution in [3.63, 3.8) is 0 Å².